The number of carbonyl (C=O) groups is 4. The van der Waals surface area contributed by atoms with E-state index in [2.05, 4.69) is 0 Å². The van der Waals surface area contributed by atoms with Gasteiger partial charge in [0.25, 0.3) is 0 Å². The molecule has 0 amide bonds. The fourth-order valence-corrected chi connectivity index (χ4v) is 6.02. The van der Waals surface area contributed by atoms with E-state index in [0.29, 0.717) is 0 Å². The number of rotatable bonds is 12. The van der Waals surface area contributed by atoms with E-state index in [1.807, 2.05) is 0 Å². The number of hydrogen-bond donors (Lipinski definition) is 4. The van der Waals surface area contributed by atoms with Crippen molar-refractivity contribution in [1.29, 1.82) is 0 Å². The van der Waals surface area contributed by atoms with Gasteiger partial charge in [-0.1, -0.05) is 72.8 Å². The molecule has 0 aliphatic carbocycles. The molecule has 2 aliphatic heterocycles. The maximum Gasteiger partial charge on any atom is 0.338 e. The molecule has 2 aliphatic rings. The lowest BCUT2D eigenvalue weighted by atomic mass is 9.96. The fraction of sp³-hybridized carbons (Fsp3) is 0.300. The van der Waals surface area contributed by atoms with Crippen LogP contribution >= 0.6 is 0 Å². The Bertz CT molecular complexity index is 1880. The molecule has 2 fully saturated rings. The third kappa shape index (κ3) is 9.41. The normalized spacial score (nSPS) is 27.6. The Morgan fingerprint density at radius 1 is 0.491 bits per heavy atom. The molecule has 0 bridgehead atoms. The molecule has 288 valence electrons. The summed E-state index contributed by atoms with van der Waals surface area (Å²) in [5.41, 5.74) is 0.365. The summed E-state index contributed by atoms with van der Waals surface area (Å²) in [4.78, 5) is 54.3. The molecule has 2 heterocycles. The molecule has 10 atom stereocenters. The standard InChI is InChI=1S/C40H38O15/c41-21-27-29(42)32(30(43)39(48)50-27)55-40-34(54-38(47)26-19-11-4-12-20-26)33(53-37(46)25-17-9-3-10-18-25)31(52-36(45)24-15-7-2-8-16-24)28(51-40)22-49-35(44)23-13-5-1-6-14-23/h1-20,27-34,39-43,48H,21-22H2/t27-,28-,29+,30-,31-,32+,33+,34+,39-,40-/m1/s1. The van der Waals surface area contributed by atoms with Gasteiger partial charge in [0.2, 0.25) is 0 Å². The van der Waals surface area contributed by atoms with Crippen LogP contribution in [0.15, 0.2) is 121 Å². The Morgan fingerprint density at radius 3 is 1.36 bits per heavy atom. The molecule has 55 heavy (non-hydrogen) atoms. The topological polar surface area (TPSA) is 214 Å². The highest BCUT2D eigenvalue weighted by molar-refractivity contribution is 5.91. The van der Waals surface area contributed by atoms with E-state index in [9.17, 15) is 39.6 Å². The van der Waals surface area contributed by atoms with Crippen molar-refractivity contribution in [3.63, 3.8) is 0 Å². The van der Waals surface area contributed by atoms with Crippen LogP contribution in [0.25, 0.3) is 0 Å². The maximum absolute atomic E-state index is 13.8. The van der Waals surface area contributed by atoms with E-state index in [1.165, 1.54) is 48.5 Å². The van der Waals surface area contributed by atoms with Crippen molar-refractivity contribution in [2.45, 2.75) is 61.4 Å². The Balaban J connectivity index is 1.43. The molecule has 4 N–H and O–H groups in total. The number of benzene rings is 4. The van der Waals surface area contributed by atoms with Crippen LogP contribution in [0.3, 0.4) is 0 Å². The molecular weight excluding hydrogens is 720 g/mol. The number of ether oxygens (including phenoxy) is 7. The van der Waals surface area contributed by atoms with Crippen LogP contribution in [0.1, 0.15) is 41.4 Å². The van der Waals surface area contributed by atoms with Crippen molar-refractivity contribution in [3.8, 4) is 0 Å². The van der Waals surface area contributed by atoms with Crippen LogP contribution in [0, 0.1) is 0 Å². The lowest BCUT2D eigenvalue weighted by molar-refractivity contribution is -0.354. The van der Waals surface area contributed by atoms with Crippen molar-refractivity contribution in [2.75, 3.05) is 13.2 Å². The largest absolute Gasteiger partial charge is 0.459 e. The third-order valence-electron chi connectivity index (χ3n) is 8.87. The minimum atomic E-state index is -1.95. The summed E-state index contributed by atoms with van der Waals surface area (Å²) in [6.45, 7) is -1.45. The van der Waals surface area contributed by atoms with Gasteiger partial charge in [0.05, 0.1) is 28.9 Å². The Morgan fingerprint density at radius 2 is 0.909 bits per heavy atom. The van der Waals surface area contributed by atoms with Gasteiger partial charge in [0, 0.05) is 0 Å². The molecule has 4 aromatic rings. The molecular formula is C40H38O15. The fourth-order valence-electron chi connectivity index (χ4n) is 6.02. The van der Waals surface area contributed by atoms with E-state index in [1.54, 1.807) is 72.8 Å². The molecule has 15 nitrogen and oxygen atoms in total. The average Bonchev–Trinajstić information content (AvgIpc) is 3.22. The lowest BCUT2D eigenvalue weighted by Gasteiger charge is -2.47. The first kappa shape index (κ1) is 39.2. The van der Waals surface area contributed by atoms with Gasteiger partial charge < -0.3 is 53.6 Å². The second kappa shape index (κ2) is 18.2. The average molecular weight is 759 g/mol. The van der Waals surface area contributed by atoms with Gasteiger partial charge in [-0.15, -0.1) is 0 Å². The smallest absolute Gasteiger partial charge is 0.338 e. The summed E-state index contributed by atoms with van der Waals surface area (Å²) in [6.07, 6.45) is -17.6. The zero-order valence-corrected chi connectivity index (χ0v) is 29.0. The zero-order chi connectivity index (χ0) is 38.9. The summed E-state index contributed by atoms with van der Waals surface area (Å²) in [7, 11) is 0. The lowest BCUT2D eigenvalue weighted by Crippen LogP contribution is -2.66. The van der Waals surface area contributed by atoms with Crippen LogP contribution in [0.4, 0.5) is 0 Å². The Hall–Kier alpha value is -5.52. The summed E-state index contributed by atoms with van der Waals surface area (Å²) >= 11 is 0. The van der Waals surface area contributed by atoms with Crippen molar-refractivity contribution in [1.82, 2.24) is 0 Å². The summed E-state index contributed by atoms with van der Waals surface area (Å²) in [5.74, 6) is -3.62. The number of hydrogen-bond acceptors (Lipinski definition) is 15. The summed E-state index contributed by atoms with van der Waals surface area (Å²) < 4.78 is 40.9. The van der Waals surface area contributed by atoms with Crippen molar-refractivity contribution in [2.24, 2.45) is 0 Å². The number of esters is 4. The predicted octanol–water partition coefficient (Wildman–Crippen LogP) is 2.06. The van der Waals surface area contributed by atoms with Gasteiger partial charge >= 0.3 is 23.9 Å². The van der Waals surface area contributed by atoms with Gasteiger partial charge in [-0.3, -0.25) is 0 Å². The van der Waals surface area contributed by atoms with E-state index in [-0.39, 0.29) is 22.3 Å². The van der Waals surface area contributed by atoms with Crippen LogP contribution in [0.2, 0.25) is 0 Å². The molecule has 6 rings (SSSR count). The van der Waals surface area contributed by atoms with Crippen LogP contribution < -0.4 is 0 Å². The summed E-state index contributed by atoms with van der Waals surface area (Å²) in [5, 5.41) is 42.2. The first-order valence-corrected chi connectivity index (χ1v) is 17.3. The van der Waals surface area contributed by atoms with Crippen molar-refractivity contribution >= 4 is 23.9 Å². The highest BCUT2D eigenvalue weighted by Crippen LogP contribution is 2.34. The summed E-state index contributed by atoms with van der Waals surface area (Å²) in [6, 6.07) is 31.2. The molecule has 0 spiro atoms. The third-order valence-corrected chi connectivity index (χ3v) is 8.87. The van der Waals surface area contributed by atoms with Crippen LogP contribution in [0.5, 0.6) is 0 Å². The Labute approximate surface area is 314 Å². The minimum Gasteiger partial charge on any atom is -0.459 e. The van der Waals surface area contributed by atoms with Gasteiger partial charge in [0.15, 0.2) is 30.9 Å². The molecule has 0 unspecified atom stereocenters. The molecule has 0 saturated carbocycles. The monoisotopic (exact) mass is 758 g/mol. The van der Waals surface area contributed by atoms with Crippen molar-refractivity contribution in [3.05, 3.63) is 144 Å². The van der Waals surface area contributed by atoms with Crippen LogP contribution in [-0.2, 0) is 33.2 Å². The van der Waals surface area contributed by atoms with E-state index < -0.39 is 98.5 Å². The van der Waals surface area contributed by atoms with Crippen molar-refractivity contribution < 1.29 is 72.8 Å². The predicted molar refractivity (Wildman–Crippen MR) is 187 cm³/mol. The minimum absolute atomic E-state index is 0.0491. The molecule has 0 radical (unpaired) electrons. The number of aliphatic hydroxyl groups is 4. The van der Waals surface area contributed by atoms with E-state index in [4.69, 9.17) is 33.2 Å². The second-order valence-corrected chi connectivity index (χ2v) is 12.5. The SMILES string of the molecule is O=C(OC[C@H]1O[C@H](O[C@@H]2[C@@H](O)[C@H](O)O[C@H](CO)[C@@H]2O)[C@@H](OC(=O)c2ccccc2)[C@@H](OC(=O)c2ccccc2)[C@@H]1OC(=O)c1ccccc1)c1ccccc1. The first-order valence-electron chi connectivity index (χ1n) is 17.3. The highest BCUT2D eigenvalue weighted by atomic mass is 16.7. The van der Waals surface area contributed by atoms with Gasteiger partial charge in [-0.05, 0) is 48.5 Å². The molecule has 2 saturated heterocycles. The van der Waals surface area contributed by atoms with Gasteiger partial charge in [0.1, 0.15) is 37.1 Å². The second-order valence-electron chi connectivity index (χ2n) is 12.5. The zero-order valence-electron chi connectivity index (χ0n) is 29.0. The molecule has 4 aromatic carbocycles. The maximum atomic E-state index is 13.8. The molecule has 15 heteroatoms. The van der Waals surface area contributed by atoms with E-state index >= 15 is 0 Å². The highest BCUT2D eigenvalue weighted by Gasteiger charge is 2.56. The number of aliphatic hydroxyl groups excluding tert-OH is 4. The van der Waals surface area contributed by atoms with Gasteiger partial charge in [-0.2, -0.15) is 0 Å². The quantitative estimate of drug-likeness (QED) is 0.120. The van der Waals surface area contributed by atoms with Gasteiger partial charge in [-0.25, -0.2) is 19.2 Å². The first-order chi connectivity index (χ1) is 26.6. The Kier molecular flexibility index (Phi) is 13.0. The van der Waals surface area contributed by atoms with Crippen LogP contribution in [-0.4, -0.2) is 119 Å². The molecule has 0 aromatic heterocycles. The van der Waals surface area contributed by atoms with E-state index in [0.717, 1.165) is 0 Å². The number of carbonyl (C=O) groups excluding carboxylic acids is 4.